The predicted molar refractivity (Wildman–Crippen MR) is 187 cm³/mol. The monoisotopic (exact) mass is 661 g/mol. The van der Waals surface area contributed by atoms with Crippen LogP contribution in [-0.4, -0.2) is 82.7 Å². The highest BCUT2D eigenvalue weighted by atomic mass is 32.1. The molecule has 10 nitrogen and oxygen atoms in total. The molecule has 2 fully saturated rings. The average molecular weight is 662 g/mol. The Hall–Kier alpha value is -3.19. The molecule has 0 aliphatic carbocycles. The first-order chi connectivity index (χ1) is 22.0. The molecule has 0 spiro atoms. The van der Waals surface area contributed by atoms with Gasteiger partial charge >= 0.3 is 11.8 Å². The van der Waals surface area contributed by atoms with Crippen LogP contribution in [0.15, 0.2) is 36.8 Å². The summed E-state index contributed by atoms with van der Waals surface area (Å²) in [6.07, 6.45) is 7.89. The van der Waals surface area contributed by atoms with Crippen molar-refractivity contribution in [1.29, 1.82) is 0 Å². The van der Waals surface area contributed by atoms with Crippen LogP contribution in [0.1, 0.15) is 55.6 Å². The van der Waals surface area contributed by atoms with Gasteiger partial charge in [-0.2, -0.15) is 5.10 Å². The van der Waals surface area contributed by atoms with Crippen LogP contribution < -0.4 is 5.32 Å². The van der Waals surface area contributed by atoms with Crippen molar-refractivity contribution in [2.75, 3.05) is 38.6 Å². The lowest BCUT2D eigenvalue weighted by Gasteiger charge is -2.38. The molecule has 246 valence electrons. The number of aromatic nitrogens is 4. The molecule has 4 aromatic rings. The third-order valence-corrected chi connectivity index (χ3v) is 12.4. The zero-order valence-electron chi connectivity index (χ0n) is 28.0. The van der Waals surface area contributed by atoms with Crippen molar-refractivity contribution >= 4 is 58.0 Å². The molecule has 12 heteroatoms. The molecule has 1 aromatic carbocycles. The van der Waals surface area contributed by atoms with Gasteiger partial charge in [0.05, 0.1) is 44.9 Å². The van der Waals surface area contributed by atoms with Crippen molar-refractivity contribution in [2.45, 2.75) is 77.5 Å². The number of pyridine rings is 1. The maximum absolute atomic E-state index is 13.9. The maximum atomic E-state index is 13.9. The second-order valence-electron chi connectivity index (χ2n) is 14.6. The van der Waals surface area contributed by atoms with Gasteiger partial charge < -0.3 is 19.9 Å². The van der Waals surface area contributed by atoms with Gasteiger partial charge in [0, 0.05) is 45.3 Å². The molecule has 2 aliphatic rings. The van der Waals surface area contributed by atoms with E-state index in [-0.39, 0.29) is 12.8 Å². The van der Waals surface area contributed by atoms with Crippen LogP contribution >= 0.6 is 11.3 Å². The molecule has 6 rings (SSSR count). The molecular formula is C34H47N7O3SSi. The van der Waals surface area contributed by atoms with E-state index in [1.54, 1.807) is 39.5 Å². The van der Waals surface area contributed by atoms with Crippen LogP contribution in [0.2, 0.25) is 25.7 Å². The van der Waals surface area contributed by atoms with E-state index >= 15 is 0 Å². The van der Waals surface area contributed by atoms with E-state index in [4.69, 9.17) is 9.72 Å². The van der Waals surface area contributed by atoms with Crippen molar-refractivity contribution in [3.8, 4) is 0 Å². The maximum Gasteiger partial charge on any atom is 0.314 e. The molecule has 1 N–H and O–H groups in total. The second-order valence-corrected chi connectivity index (χ2v) is 21.3. The third-order valence-electron chi connectivity index (χ3n) is 9.51. The Labute approximate surface area is 276 Å². The Morgan fingerprint density at radius 1 is 1.09 bits per heavy atom. The standard InChI is InChI=1S/C34H47N7O3SSi/c1-22-7-9-29(24-8-10-30-27(15-24)38-33(45-30)26-11-12-39(3)20-23(26)2)40(19-22)34(43)32(42)37-28-18-35-16-25-17-36-41(31(25)28)21-44-13-14-46(4,5)6/h8,10,15-18,22-23,26,29H,7,9,11-14,19-21H2,1-6H3,(H,37,42)/t22-,23+,26+,29+/m0/s1. The molecule has 2 saturated heterocycles. The van der Waals surface area contributed by atoms with Gasteiger partial charge in [-0.3, -0.25) is 14.6 Å². The summed E-state index contributed by atoms with van der Waals surface area (Å²) >= 11 is 1.79. The normalized spacial score (nSPS) is 22.9. The zero-order valence-corrected chi connectivity index (χ0v) is 29.8. The highest BCUT2D eigenvalue weighted by Crippen LogP contribution is 2.39. The molecule has 0 unspecified atom stereocenters. The second kappa shape index (κ2) is 13.5. The van der Waals surface area contributed by atoms with Crippen LogP contribution in [-0.2, 0) is 21.1 Å². The van der Waals surface area contributed by atoms with E-state index in [1.807, 2.05) is 0 Å². The largest absolute Gasteiger partial charge is 0.360 e. The molecule has 46 heavy (non-hydrogen) atoms. The van der Waals surface area contributed by atoms with Gasteiger partial charge in [-0.1, -0.05) is 39.6 Å². The Kier molecular flexibility index (Phi) is 9.61. The van der Waals surface area contributed by atoms with Crippen molar-refractivity contribution in [3.63, 3.8) is 0 Å². The SMILES string of the molecule is C[C@H]1CC[C@H](c2ccc3sc([C@@H]4CCN(C)C[C@H]4C)nc3c2)N(C(=O)C(=O)Nc2cncc3cnn(COCC[Si](C)(C)C)c23)C1. The highest BCUT2D eigenvalue weighted by Gasteiger charge is 2.35. The lowest BCUT2D eigenvalue weighted by Crippen LogP contribution is -2.46. The minimum absolute atomic E-state index is 0.189. The summed E-state index contributed by atoms with van der Waals surface area (Å²) in [7, 11) is 0.965. The lowest BCUT2D eigenvalue weighted by atomic mass is 9.87. The predicted octanol–water partition coefficient (Wildman–Crippen LogP) is 6.35. The third kappa shape index (κ3) is 7.19. The molecule has 0 radical (unpaired) electrons. The van der Waals surface area contributed by atoms with E-state index < -0.39 is 19.9 Å². The summed E-state index contributed by atoms with van der Waals surface area (Å²) in [6.45, 7) is 15.0. The first-order valence-electron chi connectivity index (χ1n) is 16.5. The fourth-order valence-electron chi connectivity index (χ4n) is 6.84. The lowest BCUT2D eigenvalue weighted by molar-refractivity contribution is -0.146. The van der Waals surface area contributed by atoms with Crippen molar-refractivity contribution < 1.29 is 14.3 Å². The highest BCUT2D eigenvalue weighted by molar-refractivity contribution is 7.18. The molecule has 2 aliphatic heterocycles. The summed E-state index contributed by atoms with van der Waals surface area (Å²) in [4.78, 5) is 41.0. The number of anilines is 1. The van der Waals surface area contributed by atoms with E-state index in [0.29, 0.717) is 42.1 Å². The van der Waals surface area contributed by atoms with Gasteiger partial charge in [0.25, 0.3) is 0 Å². The van der Waals surface area contributed by atoms with Gasteiger partial charge in [-0.05, 0) is 68.4 Å². The quantitative estimate of drug-likeness (QED) is 0.133. The Morgan fingerprint density at radius 2 is 1.91 bits per heavy atom. The van der Waals surface area contributed by atoms with Crippen molar-refractivity contribution in [1.82, 2.24) is 29.5 Å². The van der Waals surface area contributed by atoms with E-state index in [9.17, 15) is 9.59 Å². The van der Waals surface area contributed by atoms with Gasteiger partial charge in [0.1, 0.15) is 6.73 Å². The summed E-state index contributed by atoms with van der Waals surface area (Å²) < 4.78 is 8.83. The topological polar surface area (TPSA) is 105 Å². The molecular weight excluding hydrogens is 615 g/mol. The number of ether oxygens (including phenoxy) is 1. The average Bonchev–Trinajstić information content (AvgIpc) is 3.62. The fraction of sp³-hybridized carbons (Fsp3) is 0.559. The van der Waals surface area contributed by atoms with Crippen molar-refractivity contribution in [2.24, 2.45) is 11.8 Å². The molecule has 0 saturated carbocycles. The van der Waals surface area contributed by atoms with Crippen LogP contribution in [0.25, 0.3) is 21.1 Å². The number of hydrogen-bond donors (Lipinski definition) is 1. The number of hydrogen-bond acceptors (Lipinski definition) is 8. The molecule has 5 heterocycles. The Balaban J connectivity index is 1.19. The van der Waals surface area contributed by atoms with Gasteiger partial charge in [-0.15, -0.1) is 11.3 Å². The van der Waals surface area contributed by atoms with Gasteiger partial charge in [0.2, 0.25) is 0 Å². The van der Waals surface area contributed by atoms with Gasteiger partial charge in [0.15, 0.2) is 0 Å². The summed E-state index contributed by atoms with van der Waals surface area (Å²) in [5.74, 6) is 0.126. The first-order valence-corrected chi connectivity index (χ1v) is 21.1. The summed E-state index contributed by atoms with van der Waals surface area (Å²) in [5, 5.41) is 9.32. The molecule has 2 amide bonds. The van der Waals surface area contributed by atoms with Crippen LogP contribution in [0.3, 0.4) is 0 Å². The number of benzene rings is 1. The van der Waals surface area contributed by atoms with Gasteiger partial charge in [-0.25, -0.2) is 9.67 Å². The number of rotatable bonds is 8. The molecule has 3 aromatic heterocycles. The van der Waals surface area contributed by atoms with Crippen LogP contribution in [0.4, 0.5) is 5.69 Å². The number of nitrogens with one attached hydrogen (secondary N) is 1. The minimum Gasteiger partial charge on any atom is -0.360 e. The number of thiazole rings is 1. The van der Waals surface area contributed by atoms with Crippen LogP contribution in [0, 0.1) is 11.8 Å². The summed E-state index contributed by atoms with van der Waals surface area (Å²) in [6, 6.07) is 7.26. The Bertz CT molecular complexity index is 1720. The zero-order chi connectivity index (χ0) is 32.6. The van der Waals surface area contributed by atoms with E-state index in [1.165, 1.54) is 9.71 Å². The molecule has 0 bridgehead atoms. The number of piperidine rings is 2. The van der Waals surface area contributed by atoms with Crippen molar-refractivity contribution in [3.05, 3.63) is 47.4 Å². The molecule has 4 atom stereocenters. The number of amides is 2. The number of nitrogens with zero attached hydrogens (tertiary/aromatic N) is 6. The van der Waals surface area contributed by atoms with Crippen LogP contribution in [0.5, 0.6) is 0 Å². The number of carbonyl (C=O) groups is 2. The smallest absolute Gasteiger partial charge is 0.314 e. The number of likely N-dealkylation sites (tertiary alicyclic amines) is 2. The van der Waals surface area contributed by atoms with E-state index in [0.717, 1.165) is 54.9 Å². The Morgan fingerprint density at radius 3 is 2.70 bits per heavy atom. The minimum atomic E-state index is -1.22. The number of fused-ring (bicyclic) bond motifs is 2. The first kappa shape index (κ1) is 32.7. The van der Waals surface area contributed by atoms with E-state index in [2.05, 4.69) is 79.0 Å². The summed E-state index contributed by atoms with van der Waals surface area (Å²) in [5.41, 5.74) is 3.16. The fourth-order valence-corrected chi connectivity index (χ4v) is 8.81. The number of carbonyl (C=O) groups excluding carboxylic acids is 2.